The van der Waals surface area contributed by atoms with Crippen LogP contribution in [0.4, 0.5) is 0 Å². The van der Waals surface area contributed by atoms with Gasteiger partial charge in [-0.2, -0.15) is 0 Å². The molecule has 148 valence electrons. The molecule has 0 saturated heterocycles. The molecule has 3 heteroatoms. The molecule has 1 aliphatic rings. The highest BCUT2D eigenvalue weighted by molar-refractivity contribution is 7.14. The van der Waals surface area contributed by atoms with E-state index >= 15 is 0 Å². The van der Waals surface area contributed by atoms with Crippen molar-refractivity contribution in [2.45, 2.75) is 96.8 Å². The smallest absolute Gasteiger partial charge is 0.143 e. The highest BCUT2D eigenvalue weighted by atomic mass is 32.1. The average Bonchev–Trinajstić information content (AvgIpc) is 3.21. The molecule has 0 aliphatic heterocycles. The van der Waals surface area contributed by atoms with E-state index in [1.54, 1.807) is 0 Å². The number of aromatic nitrogens is 2. The monoisotopic (exact) mass is 384 g/mol. The van der Waals surface area contributed by atoms with Crippen LogP contribution >= 0.6 is 11.3 Å². The third-order valence-electron chi connectivity index (χ3n) is 6.12. The Morgan fingerprint density at radius 3 is 2.30 bits per heavy atom. The van der Waals surface area contributed by atoms with E-state index in [2.05, 4.69) is 48.3 Å². The van der Waals surface area contributed by atoms with Gasteiger partial charge in [-0.25, -0.2) is 0 Å². The Bertz CT molecular complexity index is 653. The molecule has 0 spiro atoms. The van der Waals surface area contributed by atoms with E-state index in [1.165, 1.54) is 93.2 Å². The second kappa shape index (κ2) is 10.9. The second-order valence-electron chi connectivity index (χ2n) is 8.31. The van der Waals surface area contributed by atoms with Crippen molar-refractivity contribution in [2.75, 3.05) is 0 Å². The minimum Gasteiger partial charge on any atom is -0.143 e. The molecule has 0 N–H and O–H groups in total. The van der Waals surface area contributed by atoms with Crippen molar-refractivity contribution in [3.63, 3.8) is 0 Å². The van der Waals surface area contributed by atoms with E-state index in [0.717, 1.165) is 10.9 Å². The Hall–Kier alpha value is -1.22. The van der Waals surface area contributed by atoms with Crippen molar-refractivity contribution < 1.29 is 0 Å². The minimum absolute atomic E-state index is 0.645. The van der Waals surface area contributed by atoms with Crippen molar-refractivity contribution in [1.82, 2.24) is 10.2 Å². The lowest BCUT2D eigenvalue weighted by Gasteiger charge is -2.26. The van der Waals surface area contributed by atoms with Gasteiger partial charge in [0.25, 0.3) is 0 Å². The summed E-state index contributed by atoms with van der Waals surface area (Å²) >= 11 is 1.82. The topological polar surface area (TPSA) is 25.8 Å². The first-order valence-electron chi connectivity index (χ1n) is 11.2. The van der Waals surface area contributed by atoms with Gasteiger partial charge < -0.3 is 0 Å². The molecular weight excluding hydrogens is 348 g/mol. The molecule has 1 fully saturated rings. The standard InChI is InChI=1S/C24H36N2S/c1-3-5-7-8-10-20-13-17-22(18-14-20)24-26-25-23(27-24)21-15-11-19(12-16-21)9-6-4-2/h13-14,17-19,21H,3-12,15-16H2,1-2H3. The highest BCUT2D eigenvalue weighted by Gasteiger charge is 2.24. The Kier molecular flexibility index (Phi) is 8.32. The molecule has 0 atom stereocenters. The van der Waals surface area contributed by atoms with Gasteiger partial charge in [0, 0.05) is 11.5 Å². The van der Waals surface area contributed by atoms with Gasteiger partial charge in [-0.1, -0.05) is 88.0 Å². The number of benzene rings is 1. The summed E-state index contributed by atoms with van der Waals surface area (Å²) in [5.74, 6) is 1.60. The molecule has 0 unspecified atom stereocenters. The van der Waals surface area contributed by atoms with Gasteiger partial charge >= 0.3 is 0 Å². The van der Waals surface area contributed by atoms with Crippen LogP contribution in [0.25, 0.3) is 10.6 Å². The molecule has 0 bridgehead atoms. The SMILES string of the molecule is CCCCCCc1ccc(-c2nnc(C3CCC(CCCC)CC3)s2)cc1. The van der Waals surface area contributed by atoms with E-state index in [0.29, 0.717) is 5.92 Å². The maximum absolute atomic E-state index is 4.56. The molecule has 1 saturated carbocycles. The van der Waals surface area contributed by atoms with E-state index < -0.39 is 0 Å². The van der Waals surface area contributed by atoms with Gasteiger partial charge in [-0.05, 0) is 50.0 Å². The van der Waals surface area contributed by atoms with E-state index in [1.807, 2.05) is 11.3 Å². The predicted octanol–water partition coefficient (Wildman–Crippen LogP) is 7.79. The summed E-state index contributed by atoms with van der Waals surface area (Å²) in [5.41, 5.74) is 2.68. The summed E-state index contributed by atoms with van der Waals surface area (Å²) in [4.78, 5) is 0. The zero-order valence-corrected chi connectivity index (χ0v) is 18.1. The Balaban J connectivity index is 1.52. The summed E-state index contributed by atoms with van der Waals surface area (Å²) in [7, 11) is 0. The molecule has 2 aromatic rings. The first-order chi connectivity index (χ1) is 13.3. The van der Waals surface area contributed by atoms with Gasteiger partial charge in [0.1, 0.15) is 10.0 Å². The number of hydrogen-bond donors (Lipinski definition) is 0. The van der Waals surface area contributed by atoms with Gasteiger partial charge in [0.15, 0.2) is 0 Å². The van der Waals surface area contributed by atoms with Crippen molar-refractivity contribution in [3.05, 3.63) is 34.8 Å². The molecule has 1 aliphatic carbocycles. The lowest BCUT2D eigenvalue weighted by atomic mass is 9.80. The van der Waals surface area contributed by atoms with Crippen molar-refractivity contribution in [3.8, 4) is 10.6 Å². The Morgan fingerprint density at radius 1 is 0.852 bits per heavy atom. The summed E-state index contributed by atoms with van der Waals surface area (Å²) < 4.78 is 0. The first-order valence-corrected chi connectivity index (χ1v) is 12.0. The van der Waals surface area contributed by atoms with Crippen LogP contribution in [-0.2, 0) is 6.42 Å². The zero-order chi connectivity index (χ0) is 18.9. The number of unbranched alkanes of at least 4 members (excludes halogenated alkanes) is 4. The first kappa shape index (κ1) is 20.5. The largest absolute Gasteiger partial charge is 0.147 e. The lowest BCUT2D eigenvalue weighted by Crippen LogP contribution is -2.13. The summed E-state index contributed by atoms with van der Waals surface area (Å²) in [6, 6.07) is 9.03. The van der Waals surface area contributed by atoms with Crippen molar-refractivity contribution in [2.24, 2.45) is 5.92 Å². The quantitative estimate of drug-likeness (QED) is 0.391. The van der Waals surface area contributed by atoms with Crippen LogP contribution in [0.2, 0.25) is 0 Å². The second-order valence-corrected chi connectivity index (χ2v) is 9.32. The lowest BCUT2D eigenvalue weighted by molar-refractivity contribution is 0.303. The van der Waals surface area contributed by atoms with Crippen LogP contribution in [0.1, 0.15) is 101 Å². The predicted molar refractivity (Wildman–Crippen MR) is 117 cm³/mol. The van der Waals surface area contributed by atoms with Crippen LogP contribution in [0.5, 0.6) is 0 Å². The normalized spacial score (nSPS) is 20.1. The fourth-order valence-corrected chi connectivity index (χ4v) is 5.29. The third-order valence-corrected chi connectivity index (χ3v) is 7.26. The zero-order valence-electron chi connectivity index (χ0n) is 17.3. The van der Waals surface area contributed by atoms with Crippen molar-refractivity contribution in [1.29, 1.82) is 0 Å². The van der Waals surface area contributed by atoms with Gasteiger partial charge in [0.05, 0.1) is 0 Å². The number of aryl methyl sites for hydroxylation is 1. The van der Waals surface area contributed by atoms with E-state index in [-0.39, 0.29) is 0 Å². The number of rotatable bonds is 10. The van der Waals surface area contributed by atoms with Crippen LogP contribution in [0, 0.1) is 5.92 Å². The van der Waals surface area contributed by atoms with Gasteiger partial charge in [0.2, 0.25) is 0 Å². The van der Waals surface area contributed by atoms with Gasteiger partial charge in [-0.15, -0.1) is 10.2 Å². The molecule has 1 aromatic heterocycles. The molecular formula is C24H36N2S. The molecule has 1 heterocycles. The maximum atomic E-state index is 4.56. The molecule has 0 amide bonds. The van der Waals surface area contributed by atoms with Crippen LogP contribution in [0.3, 0.4) is 0 Å². The van der Waals surface area contributed by atoms with Crippen LogP contribution in [-0.4, -0.2) is 10.2 Å². The molecule has 27 heavy (non-hydrogen) atoms. The van der Waals surface area contributed by atoms with E-state index in [4.69, 9.17) is 0 Å². The average molecular weight is 385 g/mol. The molecule has 1 aromatic carbocycles. The maximum Gasteiger partial charge on any atom is 0.147 e. The van der Waals surface area contributed by atoms with Crippen LogP contribution < -0.4 is 0 Å². The number of nitrogens with zero attached hydrogens (tertiary/aromatic N) is 2. The number of hydrogen-bond acceptors (Lipinski definition) is 3. The Morgan fingerprint density at radius 2 is 1.59 bits per heavy atom. The fraction of sp³-hybridized carbons (Fsp3) is 0.667. The van der Waals surface area contributed by atoms with Crippen molar-refractivity contribution >= 4 is 11.3 Å². The highest BCUT2D eigenvalue weighted by Crippen LogP contribution is 2.39. The van der Waals surface area contributed by atoms with Gasteiger partial charge in [-0.3, -0.25) is 0 Å². The summed E-state index contributed by atoms with van der Waals surface area (Å²) in [6.07, 6.45) is 16.0. The van der Waals surface area contributed by atoms with Crippen LogP contribution in [0.15, 0.2) is 24.3 Å². The fourth-order valence-electron chi connectivity index (χ4n) is 4.28. The van der Waals surface area contributed by atoms with E-state index in [9.17, 15) is 0 Å². The summed E-state index contributed by atoms with van der Waals surface area (Å²) in [5, 5.41) is 11.4. The third kappa shape index (κ3) is 6.14. The molecule has 2 nitrogen and oxygen atoms in total. The minimum atomic E-state index is 0.645. The molecule has 0 radical (unpaired) electrons. The summed E-state index contributed by atoms with van der Waals surface area (Å²) in [6.45, 7) is 4.57. The molecule has 3 rings (SSSR count). The Labute approximate surface area is 169 Å².